The molecule has 0 heterocycles. The van der Waals surface area contributed by atoms with Crippen LogP contribution in [-0.2, 0) is 6.61 Å². The second-order valence-corrected chi connectivity index (χ2v) is 6.72. The van der Waals surface area contributed by atoms with Crippen LogP contribution >= 0.6 is 11.6 Å². The smallest absolute Gasteiger partial charge is 0.280 e. The Hall–Kier alpha value is -3.64. The van der Waals surface area contributed by atoms with E-state index in [0.29, 0.717) is 16.5 Å². The van der Waals surface area contributed by atoms with E-state index in [-0.39, 0.29) is 17.9 Å². The van der Waals surface area contributed by atoms with Crippen LogP contribution in [0.25, 0.3) is 6.08 Å². The SMILES string of the molecule is COc1ccc(/C=C/C(=O)c2ccccc2[N+](=O)[O-])cc1COc1ccc(Cl)cc1. The summed E-state index contributed by atoms with van der Waals surface area (Å²) >= 11 is 5.88. The predicted molar refractivity (Wildman–Crippen MR) is 115 cm³/mol. The first-order valence-electron chi connectivity index (χ1n) is 8.99. The molecule has 0 saturated heterocycles. The molecule has 0 aromatic heterocycles. The molecule has 30 heavy (non-hydrogen) atoms. The molecule has 3 rings (SSSR count). The standard InChI is InChI=1S/C23H18ClNO5/c1-29-23-13-7-16(14-17(23)15-30-19-10-8-18(24)9-11-19)6-12-22(26)20-4-2-3-5-21(20)25(27)28/h2-14H,15H2,1H3/b12-6+. The molecule has 3 aromatic rings. The number of carbonyl (C=O) groups is 1. The third-order valence-electron chi connectivity index (χ3n) is 4.31. The molecule has 0 bridgehead atoms. The number of nitro benzene ring substituents is 1. The van der Waals surface area contributed by atoms with E-state index >= 15 is 0 Å². The maximum absolute atomic E-state index is 12.4. The van der Waals surface area contributed by atoms with E-state index in [0.717, 1.165) is 11.1 Å². The van der Waals surface area contributed by atoms with E-state index < -0.39 is 10.7 Å². The minimum Gasteiger partial charge on any atom is -0.496 e. The van der Waals surface area contributed by atoms with Gasteiger partial charge in [0.25, 0.3) is 5.69 Å². The minimum absolute atomic E-state index is 0.0403. The molecule has 0 aliphatic carbocycles. The lowest BCUT2D eigenvalue weighted by atomic mass is 10.1. The highest BCUT2D eigenvalue weighted by Crippen LogP contribution is 2.24. The molecule has 0 amide bonds. The van der Waals surface area contributed by atoms with Gasteiger partial charge in [-0.15, -0.1) is 0 Å². The van der Waals surface area contributed by atoms with Crippen LogP contribution in [0, 0.1) is 10.1 Å². The number of para-hydroxylation sites is 1. The summed E-state index contributed by atoms with van der Waals surface area (Å²) in [6.45, 7) is 0.255. The van der Waals surface area contributed by atoms with Crippen LogP contribution < -0.4 is 9.47 Å². The molecule has 0 saturated carbocycles. The summed E-state index contributed by atoms with van der Waals surface area (Å²) in [4.78, 5) is 23.0. The Bertz CT molecular complexity index is 1090. The largest absolute Gasteiger partial charge is 0.496 e. The van der Waals surface area contributed by atoms with Gasteiger partial charge in [-0.3, -0.25) is 14.9 Å². The topological polar surface area (TPSA) is 78.7 Å². The quantitative estimate of drug-likeness (QED) is 0.200. The first-order chi connectivity index (χ1) is 14.5. The Morgan fingerprint density at radius 1 is 1.10 bits per heavy atom. The average Bonchev–Trinajstić information content (AvgIpc) is 2.77. The van der Waals surface area contributed by atoms with Crippen LogP contribution in [0.3, 0.4) is 0 Å². The summed E-state index contributed by atoms with van der Waals surface area (Å²) in [5, 5.41) is 11.7. The van der Waals surface area contributed by atoms with Crippen molar-refractivity contribution in [2.45, 2.75) is 6.61 Å². The molecule has 0 unspecified atom stereocenters. The number of methoxy groups -OCH3 is 1. The van der Waals surface area contributed by atoms with Gasteiger partial charge in [-0.25, -0.2) is 0 Å². The molecule has 0 aliphatic rings. The highest BCUT2D eigenvalue weighted by molar-refractivity contribution is 6.30. The molecule has 3 aromatic carbocycles. The van der Waals surface area contributed by atoms with Crippen molar-refractivity contribution in [2.24, 2.45) is 0 Å². The minimum atomic E-state index is -0.569. The van der Waals surface area contributed by atoms with Gasteiger partial charge in [-0.1, -0.05) is 35.9 Å². The third-order valence-corrected chi connectivity index (χ3v) is 4.56. The van der Waals surface area contributed by atoms with Gasteiger partial charge in [0.1, 0.15) is 18.1 Å². The monoisotopic (exact) mass is 423 g/mol. The van der Waals surface area contributed by atoms with Crippen molar-refractivity contribution in [1.82, 2.24) is 0 Å². The van der Waals surface area contributed by atoms with Gasteiger partial charge >= 0.3 is 0 Å². The van der Waals surface area contributed by atoms with Gasteiger partial charge in [0.2, 0.25) is 0 Å². The number of nitro groups is 1. The summed E-state index contributed by atoms with van der Waals surface area (Å²) in [7, 11) is 1.56. The number of ketones is 1. The number of ether oxygens (including phenoxy) is 2. The third kappa shape index (κ3) is 5.24. The number of hydrogen-bond donors (Lipinski definition) is 0. The van der Waals surface area contributed by atoms with Crippen LogP contribution in [0.5, 0.6) is 11.5 Å². The molecular weight excluding hydrogens is 406 g/mol. The van der Waals surface area contributed by atoms with E-state index in [9.17, 15) is 14.9 Å². The fraction of sp³-hybridized carbons (Fsp3) is 0.0870. The van der Waals surface area contributed by atoms with Crippen molar-refractivity contribution < 1.29 is 19.2 Å². The molecule has 0 radical (unpaired) electrons. The van der Waals surface area contributed by atoms with E-state index in [1.165, 1.54) is 24.3 Å². The van der Waals surface area contributed by atoms with Crippen molar-refractivity contribution >= 4 is 29.1 Å². The van der Waals surface area contributed by atoms with Gasteiger partial charge in [0, 0.05) is 16.7 Å². The Balaban J connectivity index is 1.78. The lowest BCUT2D eigenvalue weighted by Crippen LogP contribution is -2.01. The number of carbonyl (C=O) groups excluding carboxylic acids is 1. The van der Waals surface area contributed by atoms with Gasteiger partial charge < -0.3 is 9.47 Å². The molecule has 0 N–H and O–H groups in total. The van der Waals surface area contributed by atoms with Crippen molar-refractivity contribution in [1.29, 1.82) is 0 Å². The van der Waals surface area contributed by atoms with E-state index in [1.54, 1.807) is 55.7 Å². The average molecular weight is 424 g/mol. The number of halogens is 1. The van der Waals surface area contributed by atoms with Crippen molar-refractivity contribution in [3.63, 3.8) is 0 Å². The van der Waals surface area contributed by atoms with E-state index in [2.05, 4.69) is 0 Å². The van der Waals surface area contributed by atoms with Crippen molar-refractivity contribution in [3.05, 3.63) is 105 Å². The van der Waals surface area contributed by atoms with Crippen LogP contribution in [0.1, 0.15) is 21.5 Å². The second kappa shape index (κ2) is 9.71. The molecular formula is C23H18ClNO5. The first kappa shape index (κ1) is 21.1. The number of rotatable bonds is 8. The maximum Gasteiger partial charge on any atom is 0.280 e. The number of allylic oxidation sites excluding steroid dienone is 1. The Kier molecular flexibility index (Phi) is 6.83. The molecule has 0 fully saturated rings. The van der Waals surface area contributed by atoms with Gasteiger partial charge in [-0.2, -0.15) is 0 Å². The Morgan fingerprint density at radius 3 is 2.53 bits per heavy atom. The summed E-state index contributed by atoms with van der Waals surface area (Å²) in [6, 6.07) is 18.3. The Labute approximate surface area is 178 Å². The zero-order valence-corrected chi connectivity index (χ0v) is 16.8. The van der Waals surface area contributed by atoms with Crippen molar-refractivity contribution in [3.8, 4) is 11.5 Å². The molecule has 152 valence electrons. The molecule has 0 aliphatic heterocycles. The molecule has 7 heteroatoms. The Morgan fingerprint density at radius 2 is 1.83 bits per heavy atom. The molecule has 0 atom stereocenters. The number of nitrogens with zero attached hydrogens (tertiary/aromatic N) is 1. The van der Waals surface area contributed by atoms with Gasteiger partial charge in [0.15, 0.2) is 5.78 Å². The zero-order valence-electron chi connectivity index (χ0n) is 16.1. The lowest BCUT2D eigenvalue weighted by molar-refractivity contribution is -0.385. The number of benzene rings is 3. The normalized spacial score (nSPS) is 10.7. The van der Waals surface area contributed by atoms with Gasteiger partial charge in [0.05, 0.1) is 17.6 Å². The molecule has 0 spiro atoms. The lowest BCUT2D eigenvalue weighted by Gasteiger charge is -2.11. The predicted octanol–water partition coefficient (Wildman–Crippen LogP) is 5.73. The first-order valence-corrected chi connectivity index (χ1v) is 9.37. The van der Waals surface area contributed by atoms with Gasteiger partial charge in [-0.05, 0) is 54.1 Å². The van der Waals surface area contributed by atoms with E-state index in [1.807, 2.05) is 6.07 Å². The zero-order chi connectivity index (χ0) is 21.5. The highest BCUT2D eigenvalue weighted by Gasteiger charge is 2.17. The summed E-state index contributed by atoms with van der Waals surface area (Å²) in [5.74, 6) is 0.859. The second-order valence-electron chi connectivity index (χ2n) is 6.29. The van der Waals surface area contributed by atoms with Crippen LogP contribution in [0.2, 0.25) is 5.02 Å². The van der Waals surface area contributed by atoms with Crippen molar-refractivity contribution in [2.75, 3.05) is 7.11 Å². The summed E-state index contributed by atoms with van der Waals surface area (Å²) in [6.07, 6.45) is 2.91. The summed E-state index contributed by atoms with van der Waals surface area (Å²) in [5.41, 5.74) is 1.34. The fourth-order valence-electron chi connectivity index (χ4n) is 2.81. The van der Waals surface area contributed by atoms with Crippen LogP contribution in [0.4, 0.5) is 5.69 Å². The summed E-state index contributed by atoms with van der Waals surface area (Å²) < 4.78 is 11.2. The fourth-order valence-corrected chi connectivity index (χ4v) is 2.94. The van der Waals surface area contributed by atoms with E-state index in [4.69, 9.17) is 21.1 Å². The number of hydrogen-bond acceptors (Lipinski definition) is 5. The highest BCUT2D eigenvalue weighted by atomic mass is 35.5. The maximum atomic E-state index is 12.4. The van der Waals surface area contributed by atoms with Crippen LogP contribution in [0.15, 0.2) is 72.8 Å². The van der Waals surface area contributed by atoms with Crippen LogP contribution in [-0.4, -0.2) is 17.8 Å². The molecule has 6 nitrogen and oxygen atoms in total.